The first kappa shape index (κ1) is 30.0. The third-order valence-corrected chi connectivity index (χ3v) is 8.44. The fourth-order valence-electron chi connectivity index (χ4n) is 4.72. The molecule has 1 N–H and O–H groups in total. The summed E-state index contributed by atoms with van der Waals surface area (Å²) in [5, 5.41) is 3.62. The number of nitrogens with one attached hydrogen (secondary N) is 1. The van der Waals surface area contributed by atoms with Crippen LogP contribution in [0.25, 0.3) is 0 Å². The molecule has 0 saturated heterocycles. The van der Waals surface area contributed by atoms with E-state index in [1.807, 2.05) is 18.2 Å². The maximum Gasteiger partial charge on any atom is 0.244 e. The van der Waals surface area contributed by atoms with Crippen molar-refractivity contribution in [3.63, 3.8) is 0 Å². The molecule has 1 fully saturated rings. The van der Waals surface area contributed by atoms with Crippen LogP contribution in [0.5, 0.6) is 0 Å². The van der Waals surface area contributed by atoms with Gasteiger partial charge in [-0.25, -0.2) is 8.42 Å². The van der Waals surface area contributed by atoms with Crippen LogP contribution in [0.15, 0.2) is 48.5 Å². The van der Waals surface area contributed by atoms with E-state index < -0.39 is 28.5 Å². The van der Waals surface area contributed by atoms with Gasteiger partial charge in [0.15, 0.2) is 0 Å². The summed E-state index contributed by atoms with van der Waals surface area (Å²) in [5.41, 5.74) is 2.11. The Hall–Kier alpha value is -2.58. The van der Waals surface area contributed by atoms with E-state index in [1.165, 1.54) is 11.3 Å². The molecule has 0 heterocycles. The van der Waals surface area contributed by atoms with Gasteiger partial charge in [-0.05, 0) is 60.6 Å². The Kier molecular flexibility index (Phi) is 9.87. The zero-order valence-electron chi connectivity index (χ0n) is 23.0. The molecule has 2 aromatic rings. The van der Waals surface area contributed by atoms with Crippen molar-refractivity contribution >= 4 is 39.1 Å². The van der Waals surface area contributed by atoms with Crippen molar-refractivity contribution in [2.45, 2.75) is 83.8 Å². The van der Waals surface area contributed by atoms with Crippen molar-refractivity contribution in [1.29, 1.82) is 0 Å². The summed E-state index contributed by atoms with van der Waals surface area (Å²) >= 11 is 6.18. The Morgan fingerprint density at radius 3 is 2.24 bits per heavy atom. The lowest BCUT2D eigenvalue weighted by molar-refractivity contribution is -0.139. The highest BCUT2D eigenvalue weighted by Crippen LogP contribution is 2.26. The quantitative estimate of drug-likeness (QED) is 0.452. The van der Waals surface area contributed by atoms with Crippen LogP contribution >= 0.6 is 11.6 Å². The average Bonchev–Trinajstić information content (AvgIpc) is 2.85. The van der Waals surface area contributed by atoms with E-state index >= 15 is 0 Å². The van der Waals surface area contributed by atoms with E-state index in [1.54, 1.807) is 37.3 Å². The lowest BCUT2D eigenvalue weighted by Gasteiger charge is -2.33. The minimum Gasteiger partial charge on any atom is -0.352 e. The Labute approximate surface area is 232 Å². The zero-order valence-corrected chi connectivity index (χ0v) is 24.6. The van der Waals surface area contributed by atoms with Gasteiger partial charge in [0, 0.05) is 17.6 Å². The van der Waals surface area contributed by atoms with Gasteiger partial charge in [-0.1, -0.05) is 75.9 Å². The molecule has 1 aliphatic rings. The number of benzene rings is 2. The normalized spacial score (nSPS) is 15.5. The lowest BCUT2D eigenvalue weighted by atomic mass is 9.87. The number of hydrogen-bond acceptors (Lipinski definition) is 4. The van der Waals surface area contributed by atoms with Gasteiger partial charge in [-0.3, -0.25) is 13.9 Å². The van der Waals surface area contributed by atoms with E-state index in [-0.39, 0.29) is 23.9 Å². The Morgan fingerprint density at radius 1 is 1.05 bits per heavy atom. The summed E-state index contributed by atoms with van der Waals surface area (Å²) in [6.07, 6.45) is 6.24. The number of halogens is 1. The molecule has 2 aromatic carbocycles. The van der Waals surface area contributed by atoms with Gasteiger partial charge in [0.1, 0.15) is 12.6 Å². The van der Waals surface area contributed by atoms with Crippen LogP contribution in [0.3, 0.4) is 0 Å². The molecule has 38 heavy (non-hydrogen) atoms. The minimum atomic E-state index is -3.78. The molecule has 2 amide bonds. The second-order valence-corrected chi connectivity index (χ2v) is 13.6. The number of amides is 2. The highest BCUT2D eigenvalue weighted by molar-refractivity contribution is 7.92. The number of carbonyl (C=O) groups is 2. The largest absolute Gasteiger partial charge is 0.352 e. The maximum absolute atomic E-state index is 13.7. The van der Waals surface area contributed by atoms with Crippen molar-refractivity contribution in [2.24, 2.45) is 0 Å². The highest BCUT2D eigenvalue weighted by atomic mass is 35.5. The number of sulfonamides is 1. The fourth-order valence-corrected chi connectivity index (χ4v) is 5.79. The van der Waals surface area contributed by atoms with Crippen LogP contribution in [-0.2, 0) is 31.6 Å². The van der Waals surface area contributed by atoms with E-state index in [2.05, 4.69) is 26.1 Å². The van der Waals surface area contributed by atoms with Gasteiger partial charge >= 0.3 is 0 Å². The molecule has 0 aromatic heterocycles. The Morgan fingerprint density at radius 2 is 1.68 bits per heavy atom. The molecule has 9 heteroatoms. The van der Waals surface area contributed by atoms with Crippen molar-refractivity contribution < 1.29 is 18.0 Å². The zero-order chi connectivity index (χ0) is 28.1. The van der Waals surface area contributed by atoms with Gasteiger partial charge in [0.25, 0.3) is 0 Å². The van der Waals surface area contributed by atoms with Crippen LogP contribution in [0.2, 0.25) is 5.02 Å². The summed E-state index contributed by atoms with van der Waals surface area (Å²) in [5.74, 6) is -0.714. The molecule has 1 saturated carbocycles. The summed E-state index contributed by atoms with van der Waals surface area (Å²) in [4.78, 5) is 28.4. The standard InChI is InChI=1S/C29H40ClN3O4S/c1-21(28(35)31-25-12-7-6-8-13-25)32(19-22-10-9-11-24(30)18-22)27(34)20-33(38(5,36)37)26-16-14-23(15-17-26)29(2,3)4/h9-11,14-18,21,25H,6-8,12-13,19-20H2,1-5H3,(H,31,35)/t21-/m0/s1. The first-order valence-corrected chi connectivity index (χ1v) is 15.4. The van der Waals surface area contributed by atoms with Crippen molar-refractivity contribution in [2.75, 3.05) is 17.1 Å². The summed E-state index contributed by atoms with van der Waals surface area (Å²) in [7, 11) is -3.78. The van der Waals surface area contributed by atoms with E-state index in [4.69, 9.17) is 11.6 Å². The number of rotatable bonds is 9. The molecular weight excluding hydrogens is 522 g/mol. The molecule has 0 bridgehead atoms. The first-order chi connectivity index (χ1) is 17.8. The van der Waals surface area contributed by atoms with Crippen LogP contribution in [0.1, 0.15) is 70.9 Å². The average molecular weight is 562 g/mol. The van der Waals surface area contributed by atoms with Gasteiger partial charge in [-0.2, -0.15) is 0 Å². The summed E-state index contributed by atoms with van der Waals surface area (Å²) in [6.45, 7) is 7.62. The van der Waals surface area contributed by atoms with E-state index in [0.717, 1.165) is 47.4 Å². The summed E-state index contributed by atoms with van der Waals surface area (Å²) < 4.78 is 26.7. The van der Waals surface area contributed by atoms with Gasteiger partial charge < -0.3 is 10.2 Å². The minimum absolute atomic E-state index is 0.0932. The fraction of sp³-hybridized carbons (Fsp3) is 0.517. The third kappa shape index (κ3) is 8.21. The van der Waals surface area contributed by atoms with E-state index in [0.29, 0.717) is 10.7 Å². The summed E-state index contributed by atoms with van der Waals surface area (Å²) in [6, 6.07) is 13.6. The Balaban J connectivity index is 1.88. The number of hydrogen-bond donors (Lipinski definition) is 1. The van der Waals surface area contributed by atoms with Crippen LogP contribution < -0.4 is 9.62 Å². The molecule has 0 radical (unpaired) electrons. The molecular formula is C29H40ClN3O4S. The van der Waals surface area contributed by atoms with E-state index in [9.17, 15) is 18.0 Å². The van der Waals surface area contributed by atoms with Gasteiger partial charge in [0.2, 0.25) is 21.8 Å². The molecule has 1 aliphatic carbocycles. The third-order valence-electron chi connectivity index (χ3n) is 7.06. The monoisotopic (exact) mass is 561 g/mol. The van der Waals surface area contributed by atoms with Crippen molar-refractivity contribution in [3.8, 4) is 0 Å². The SMILES string of the molecule is C[C@@H](C(=O)NC1CCCCC1)N(Cc1cccc(Cl)c1)C(=O)CN(c1ccc(C(C)(C)C)cc1)S(C)(=O)=O. The predicted octanol–water partition coefficient (Wildman–Crippen LogP) is 5.27. The highest BCUT2D eigenvalue weighted by Gasteiger charge is 2.31. The number of carbonyl (C=O) groups excluding carboxylic acids is 2. The molecule has 1 atom stereocenters. The lowest BCUT2D eigenvalue weighted by Crippen LogP contribution is -2.52. The molecule has 0 aliphatic heterocycles. The Bertz CT molecular complexity index is 1220. The van der Waals surface area contributed by atoms with Crippen LogP contribution in [-0.4, -0.2) is 50.0 Å². The molecule has 0 unspecified atom stereocenters. The van der Waals surface area contributed by atoms with Crippen molar-refractivity contribution in [1.82, 2.24) is 10.2 Å². The second kappa shape index (κ2) is 12.5. The van der Waals surface area contributed by atoms with Crippen LogP contribution in [0, 0.1) is 0 Å². The number of nitrogens with zero attached hydrogens (tertiary/aromatic N) is 2. The molecule has 3 rings (SSSR count). The van der Waals surface area contributed by atoms with Gasteiger partial charge in [0.05, 0.1) is 11.9 Å². The number of anilines is 1. The molecule has 0 spiro atoms. The van der Waals surface area contributed by atoms with Gasteiger partial charge in [-0.15, -0.1) is 0 Å². The first-order valence-electron chi connectivity index (χ1n) is 13.2. The topological polar surface area (TPSA) is 86.8 Å². The maximum atomic E-state index is 13.7. The second-order valence-electron chi connectivity index (χ2n) is 11.2. The predicted molar refractivity (Wildman–Crippen MR) is 154 cm³/mol. The molecule has 208 valence electrons. The molecule has 7 nitrogen and oxygen atoms in total. The van der Waals surface area contributed by atoms with Crippen molar-refractivity contribution in [3.05, 3.63) is 64.7 Å². The van der Waals surface area contributed by atoms with Crippen LogP contribution in [0.4, 0.5) is 5.69 Å². The smallest absolute Gasteiger partial charge is 0.244 e.